The number of nitrogens with one attached hydrogen (secondary N) is 1. The van der Waals surface area contributed by atoms with E-state index >= 15 is 0 Å². The number of rotatable bonds is 5. The van der Waals surface area contributed by atoms with Crippen LogP contribution in [0.4, 0.5) is 0 Å². The van der Waals surface area contributed by atoms with Crippen molar-refractivity contribution in [1.82, 2.24) is 5.32 Å². The van der Waals surface area contributed by atoms with Crippen molar-refractivity contribution in [2.45, 2.75) is 25.3 Å². The molecule has 0 saturated heterocycles. The van der Waals surface area contributed by atoms with E-state index in [1.807, 2.05) is 7.05 Å². The summed E-state index contributed by atoms with van der Waals surface area (Å²) in [6, 6.07) is 9.17. The maximum Gasteiger partial charge on any atom is 0.122 e. The Kier molecular flexibility index (Phi) is 5.04. The number of halogens is 2. The molecule has 1 aromatic heterocycles. The molecule has 0 fully saturated rings. The van der Waals surface area contributed by atoms with Crippen LogP contribution in [0.1, 0.15) is 29.2 Å². The van der Waals surface area contributed by atoms with Gasteiger partial charge in [0.2, 0.25) is 0 Å². The Morgan fingerprint density at radius 2 is 2.19 bits per heavy atom. The van der Waals surface area contributed by atoms with Gasteiger partial charge in [0.05, 0.1) is 14.2 Å². The molecule has 112 valence electrons. The number of benzene rings is 1. The molecular weight excluding hydrogens is 414 g/mol. The normalized spacial score (nSPS) is 14.8. The topological polar surface area (TPSA) is 21.3 Å². The lowest BCUT2D eigenvalue weighted by molar-refractivity contribution is 0.357. The van der Waals surface area contributed by atoms with Crippen LogP contribution in [0, 0.1) is 0 Å². The summed E-state index contributed by atoms with van der Waals surface area (Å²) < 4.78 is 7.94. The zero-order valence-electron chi connectivity index (χ0n) is 11.8. The number of fused-ring (bicyclic) bond motifs is 1. The molecular formula is C16H17Br2NOS. The molecule has 5 heteroatoms. The van der Waals surface area contributed by atoms with Crippen LogP contribution in [0.25, 0.3) is 0 Å². The highest BCUT2D eigenvalue weighted by atomic mass is 79.9. The molecule has 1 aliphatic heterocycles. The second kappa shape index (κ2) is 6.82. The standard InChI is InChI=1S/C16H17Br2NOS/c1-19-13(12-9-15(17)21-16(12)18)4-2-10-3-5-14-11(8-10)6-7-20-14/h3,5,8-9,13,19H,2,4,6-7H2,1H3. The van der Waals surface area contributed by atoms with Crippen molar-refractivity contribution in [2.75, 3.05) is 13.7 Å². The lowest BCUT2D eigenvalue weighted by Gasteiger charge is -2.16. The summed E-state index contributed by atoms with van der Waals surface area (Å²) in [5, 5.41) is 3.43. The van der Waals surface area contributed by atoms with E-state index in [-0.39, 0.29) is 0 Å². The Hall–Kier alpha value is -0.360. The molecule has 21 heavy (non-hydrogen) atoms. The minimum absolute atomic E-state index is 0.367. The highest BCUT2D eigenvalue weighted by Gasteiger charge is 2.17. The van der Waals surface area contributed by atoms with Gasteiger partial charge >= 0.3 is 0 Å². The van der Waals surface area contributed by atoms with Gasteiger partial charge in [-0.2, -0.15) is 0 Å². The highest BCUT2D eigenvalue weighted by molar-refractivity contribution is 9.12. The fourth-order valence-electron chi connectivity index (χ4n) is 2.75. The van der Waals surface area contributed by atoms with Crippen LogP contribution < -0.4 is 10.1 Å². The SMILES string of the molecule is CNC(CCc1ccc2c(c1)CCO2)c1cc(Br)sc1Br. The first-order chi connectivity index (χ1) is 10.2. The largest absolute Gasteiger partial charge is 0.493 e. The molecule has 2 aromatic rings. The van der Waals surface area contributed by atoms with Crippen LogP contribution in [0.2, 0.25) is 0 Å². The highest BCUT2D eigenvalue weighted by Crippen LogP contribution is 2.37. The number of hydrogen-bond donors (Lipinski definition) is 1. The van der Waals surface area contributed by atoms with E-state index in [0.717, 1.165) is 31.6 Å². The Balaban J connectivity index is 1.69. The van der Waals surface area contributed by atoms with E-state index in [1.165, 1.54) is 24.3 Å². The quantitative estimate of drug-likeness (QED) is 0.712. The van der Waals surface area contributed by atoms with E-state index in [2.05, 4.69) is 61.4 Å². The summed E-state index contributed by atoms with van der Waals surface area (Å²) in [7, 11) is 2.03. The second-order valence-electron chi connectivity index (χ2n) is 5.20. The summed E-state index contributed by atoms with van der Waals surface area (Å²) in [5.41, 5.74) is 4.08. The van der Waals surface area contributed by atoms with Gasteiger partial charge in [-0.05, 0) is 80.6 Å². The Morgan fingerprint density at radius 1 is 1.33 bits per heavy atom. The fraction of sp³-hybridized carbons (Fsp3) is 0.375. The molecule has 2 nitrogen and oxygen atoms in total. The predicted molar refractivity (Wildman–Crippen MR) is 95.5 cm³/mol. The minimum Gasteiger partial charge on any atom is -0.493 e. The van der Waals surface area contributed by atoms with Crippen LogP contribution in [0.3, 0.4) is 0 Å². The van der Waals surface area contributed by atoms with Crippen molar-refractivity contribution in [3.05, 3.63) is 48.5 Å². The number of thiophene rings is 1. The van der Waals surface area contributed by atoms with Crippen molar-refractivity contribution < 1.29 is 4.74 Å². The van der Waals surface area contributed by atoms with Crippen LogP contribution in [-0.2, 0) is 12.8 Å². The summed E-state index contributed by atoms with van der Waals surface area (Å²) >= 11 is 8.94. The van der Waals surface area contributed by atoms with E-state index in [9.17, 15) is 0 Å². The Labute approximate surface area is 146 Å². The first-order valence-corrected chi connectivity index (χ1v) is 9.44. The molecule has 0 amide bonds. The van der Waals surface area contributed by atoms with Crippen LogP contribution >= 0.6 is 43.2 Å². The molecule has 1 unspecified atom stereocenters. The van der Waals surface area contributed by atoms with E-state index < -0.39 is 0 Å². The molecule has 0 bridgehead atoms. The molecule has 1 atom stereocenters. The molecule has 1 aromatic carbocycles. The van der Waals surface area contributed by atoms with Crippen molar-refractivity contribution in [3.63, 3.8) is 0 Å². The molecule has 2 heterocycles. The molecule has 1 N–H and O–H groups in total. The monoisotopic (exact) mass is 429 g/mol. The lowest BCUT2D eigenvalue weighted by atomic mass is 9.99. The van der Waals surface area contributed by atoms with Crippen LogP contribution in [-0.4, -0.2) is 13.7 Å². The van der Waals surface area contributed by atoms with Gasteiger partial charge < -0.3 is 10.1 Å². The van der Waals surface area contributed by atoms with Gasteiger partial charge in [-0.1, -0.05) is 12.1 Å². The molecule has 0 aliphatic carbocycles. The number of ether oxygens (including phenoxy) is 1. The van der Waals surface area contributed by atoms with Gasteiger partial charge in [0.15, 0.2) is 0 Å². The smallest absolute Gasteiger partial charge is 0.122 e. The Morgan fingerprint density at radius 3 is 2.90 bits per heavy atom. The Bertz CT molecular complexity index is 641. The first-order valence-electron chi connectivity index (χ1n) is 7.04. The van der Waals surface area contributed by atoms with Crippen molar-refractivity contribution in [1.29, 1.82) is 0 Å². The average Bonchev–Trinajstić information content (AvgIpc) is 3.05. The maximum atomic E-state index is 5.57. The van der Waals surface area contributed by atoms with Crippen molar-refractivity contribution in [2.24, 2.45) is 0 Å². The van der Waals surface area contributed by atoms with Crippen LogP contribution in [0.5, 0.6) is 5.75 Å². The summed E-state index contributed by atoms with van der Waals surface area (Å²) in [6.45, 7) is 0.827. The van der Waals surface area contributed by atoms with Gasteiger partial charge in [0, 0.05) is 12.5 Å². The van der Waals surface area contributed by atoms with Crippen LogP contribution in [0.15, 0.2) is 31.8 Å². The van der Waals surface area contributed by atoms with Gasteiger partial charge in [-0.25, -0.2) is 0 Å². The molecule has 0 saturated carbocycles. The van der Waals surface area contributed by atoms with E-state index in [4.69, 9.17) is 4.74 Å². The third kappa shape index (κ3) is 3.52. The van der Waals surface area contributed by atoms with Gasteiger partial charge in [-0.3, -0.25) is 0 Å². The predicted octanol–water partition coefficient (Wildman–Crippen LogP) is 5.10. The fourth-order valence-corrected chi connectivity index (χ4v) is 5.73. The van der Waals surface area contributed by atoms with Gasteiger partial charge in [0.25, 0.3) is 0 Å². The van der Waals surface area contributed by atoms with Gasteiger partial charge in [0.1, 0.15) is 5.75 Å². The molecule has 0 spiro atoms. The minimum atomic E-state index is 0.367. The number of aryl methyl sites for hydroxylation is 1. The van der Waals surface area contributed by atoms with Gasteiger partial charge in [-0.15, -0.1) is 11.3 Å². The molecule has 3 rings (SSSR count). The van der Waals surface area contributed by atoms with E-state index in [1.54, 1.807) is 11.3 Å². The third-order valence-corrected chi connectivity index (χ3v) is 6.27. The van der Waals surface area contributed by atoms with E-state index in [0.29, 0.717) is 6.04 Å². The molecule has 0 radical (unpaired) electrons. The third-order valence-electron chi connectivity index (χ3n) is 3.88. The second-order valence-corrected chi connectivity index (χ2v) is 8.95. The first kappa shape index (κ1) is 15.5. The number of hydrogen-bond acceptors (Lipinski definition) is 3. The van der Waals surface area contributed by atoms with Crippen molar-refractivity contribution in [3.8, 4) is 5.75 Å². The maximum absolute atomic E-state index is 5.57. The molecule has 1 aliphatic rings. The zero-order valence-corrected chi connectivity index (χ0v) is 15.8. The summed E-state index contributed by atoms with van der Waals surface area (Å²) in [4.78, 5) is 0. The van der Waals surface area contributed by atoms with Crippen molar-refractivity contribution >= 4 is 43.2 Å². The zero-order chi connectivity index (χ0) is 14.8. The summed E-state index contributed by atoms with van der Waals surface area (Å²) in [5.74, 6) is 1.06. The lowest BCUT2D eigenvalue weighted by Crippen LogP contribution is -2.16. The average molecular weight is 431 g/mol. The summed E-state index contributed by atoms with van der Waals surface area (Å²) in [6.07, 6.45) is 3.19.